The predicted molar refractivity (Wildman–Crippen MR) is 93.9 cm³/mol. The highest BCUT2D eigenvalue weighted by molar-refractivity contribution is 9.10. The second kappa shape index (κ2) is 6.56. The summed E-state index contributed by atoms with van der Waals surface area (Å²) in [5.74, 6) is -0.0447. The Bertz CT molecular complexity index is 898. The van der Waals surface area contributed by atoms with Crippen molar-refractivity contribution in [2.24, 2.45) is 7.05 Å². The maximum atomic E-state index is 12.4. The molecule has 0 spiro atoms. The number of nitrogens with zero attached hydrogens (tertiary/aromatic N) is 5. The fourth-order valence-electron chi connectivity index (χ4n) is 2.47. The molecule has 0 saturated heterocycles. The van der Waals surface area contributed by atoms with Crippen LogP contribution < -0.4 is 5.32 Å². The highest BCUT2D eigenvalue weighted by Gasteiger charge is 2.19. The average molecular weight is 389 g/mol. The molecule has 0 bridgehead atoms. The molecule has 1 N–H and O–H groups in total. The first-order valence-electron chi connectivity index (χ1n) is 7.39. The summed E-state index contributed by atoms with van der Waals surface area (Å²) in [7, 11) is 1.72. The summed E-state index contributed by atoms with van der Waals surface area (Å²) in [5, 5.41) is 11.2. The standard InChI is InChI=1S/C16H17BrN6O/c1-10-5-4-6-12(7-10)8-23-9-18-16(21-23)19-15(24)14-13(17)11(2)20-22(14)3/h4-7,9H,8H2,1-3H3,(H,19,21,24). The third-order valence-corrected chi connectivity index (χ3v) is 4.50. The van der Waals surface area contributed by atoms with Crippen molar-refractivity contribution in [1.82, 2.24) is 24.5 Å². The van der Waals surface area contributed by atoms with Crippen molar-refractivity contribution in [3.63, 3.8) is 0 Å². The fourth-order valence-corrected chi connectivity index (χ4v) is 2.98. The second-order valence-corrected chi connectivity index (χ2v) is 6.37. The molecule has 3 aromatic rings. The number of anilines is 1. The van der Waals surface area contributed by atoms with Gasteiger partial charge in [0.2, 0.25) is 5.95 Å². The smallest absolute Gasteiger partial charge is 0.277 e. The molecule has 24 heavy (non-hydrogen) atoms. The second-order valence-electron chi connectivity index (χ2n) is 5.58. The Morgan fingerprint density at radius 3 is 2.75 bits per heavy atom. The van der Waals surface area contributed by atoms with Crippen LogP contribution in [0.25, 0.3) is 0 Å². The molecule has 0 atom stereocenters. The van der Waals surface area contributed by atoms with E-state index in [1.54, 1.807) is 18.1 Å². The molecule has 0 aliphatic rings. The van der Waals surface area contributed by atoms with E-state index in [4.69, 9.17) is 0 Å². The summed E-state index contributed by atoms with van der Waals surface area (Å²) in [5.41, 5.74) is 3.50. The molecule has 1 amide bonds. The lowest BCUT2D eigenvalue weighted by atomic mass is 10.1. The van der Waals surface area contributed by atoms with Gasteiger partial charge in [0, 0.05) is 7.05 Å². The van der Waals surface area contributed by atoms with Gasteiger partial charge in [-0.1, -0.05) is 29.8 Å². The van der Waals surface area contributed by atoms with Gasteiger partial charge in [0.15, 0.2) is 0 Å². The molecular weight excluding hydrogens is 372 g/mol. The third kappa shape index (κ3) is 3.38. The van der Waals surface area contributed by atoms with Crippen LogP contribution in [0.2, 0.25) is 0 Å². The molecule has 2 aromatic heterocycles. The molecule has 0 aliphatic heterocycles. The summed E-state index contributed by atoms with van der Waals surface area (Å²) in [6.07, 6.45) is 1.60. The number of amides is 1. The van der Waals surface area contributed by atoms with Crippen molar-refractivity contribution in [2.45, 2.75) is 20.4 Å². The Balaban J connectivity index is 1.73. The topological polar surface area (TPSA) is 77.6 Å². The summed E-state index contributed by atoms with van der Waals surface area (Å²) < 4.78 is 3.88. The van der Waals surface area contributed by atoms with Crippen LogP contribution in [0.4, 0.5) is 5.95 Å². The van der Waals surface area contributed by atoms with Crippen molar-refractivity contribution in [3.05, 3.63) is 57.6 Å². The maximum Gasteiger partial charge on any atom is 0.277 e. The molecule has 3 rings (SSSR count). The van der Waals surface area contributed by atoms with Gasteiger partial charge in [0.25, 0.3) is 5.91 Å². The Kier molecular flexibility index (Phi) is 4.48. The van der Waals surface area contributed by atoms with E-state index in [-0.39, 0.29) is 11.9 Å². The van der Waals surface area contributed by atoms with Crippen molar-refractivity contribution in [1.29, 1.82) is 0 Å². The first kappa shape index (κ1) is 16.4. The molecule has 8 heteroatoms. The number of hydrogen-bond donors (Lipinski definition) is 1. The number of carbonyl (C=O) groups is 1. The molecule has 1 aromatic carbocycles. The molecule has 0 unspecified atom stereocenters. The number of hydrogen-bond acceptors (Lipinski definition) is 4. The quantitative estimate of drug-likeness (QED) is 0.745. The molecule has 0 aliphatic carbocycles. The number of nitrogens with one attached hydrogen (secondary N) is 1. The molecule has 0 radical (unpaired) electrons. The van der Waals surface area contributed by atoms with Gasteiger partial charge < -0.3 is 0 Å². The van der Waals surface area contributed by atoms with Gasteiger partial charge in [-0.2, -0.15) is 5.10 Å². The maximum absolute atomic E-state index is 12.4. The van der Waals surface area contributed by atoms with E-state index in [0.717, 1.165) is 11.3 Å². The van der Waals surface area contributed by atoms with Gasteiger partial charge >= 0.3 is 0 Å². The highest BCUT2D eigenvalue weighted by Crippen LogP contribution is 2.20. The van der Waals surface area contributed by atoms with E-state index >= 15 is 0 Å². The molecular formula is C16H17BrN6O. The van der Waals surface area contributed by atoms with E-state index in [0.29, 0.717) is 16.7 Å². The summed E-state index contributed by atoms with van der Waals surface area (Å²) in [6.45, 7) is 4.47. The lowest BCUT2D eigenvalue weighted by molar-refractivity contribution is 0.101. The van der Waals surface area contributed by atoms with Gasteiger partial charge in [0.1, 0.15) is 12.0 Å². The van der Waals surface area contributed by atoms with Crippen LogP contribution in [0.3, 0.4) is 0 Å². The zero-order valence-electron chi connectivity index (χ0n) is 13.6. The number of benzene rings is 1. The Morgan fingerprint density at radius 2 is 2.08 bits per heavy atom. The van der Waals surface area contributed by atoms with E-state index in [1.807, 2.05) is 32.0 Å². The minimum Gasteiger partial charge on any atom is -0.288 e. The Labute approximate surface area is 147 Å². The SMILES string of the molecule is Cc1cccc(Cn2cnc(NC(=O)c3c(Br)c(C)nn3C)n2)c1. The van der Waals surface area contributed by atoms with E-state index < -0.39 is 0 Å². The number of aryl methyl sites for hydroxylation is 3. The van der Waals surface area contributed by atoms with Crippen LogP contribution in [-0.4, -0.2) is 30.5 Å². The van der Waals surface area contributed by atoms with Crippen molar-refractivity contribution in [3.8, 4) is 0 Å². The highest BCUT2D eigenvalue weighted by atomic mass is 79.9. The average Bonchev–Trinajstić information content (AvgIpc) is 3.04. The Morgan fingerprint density at radius 1 is 1.29 bits per heavy atom. The Hall–Kier alpha value is -2.48. The number of rotatable bonds is 4. The van der Waals surface area contributed by atoms with E-state index in [9.17, 15) is 4.79 Å². The van der Waals surface area contributed by atoms with Gasteiger partial charge in [-0.15, -0.1) is 5.10 Å². The number of carbonyl (C=O) groups excluding carboxylic acids is 1. The van der Waals surface area contributed by atoms with Gasteiger partial charge in [-0.05, 0) is 35.3 Å². The normalized spacial score (nSPS) is 10.8. The summed E-state index contributed by atoms with van der Waals surface area (Å²) in [4.78, 5) is 16.5. The van der Waals surface area contributed by atoms with Crippen LogP contribution in [0.15, 0.2) is 35.1 Å². The number of aromatic nitrogens is 5. The van der Waals surface area contributed by atoms with Crippen molar-refractivity contribution >= 4 is 27.8 Å². The van der Waals surface area contributed by atoms with Gasteiger partial charge in [-0.3, -0.25) is 14.8 Å². The van der Waals surface area contributed by atoms with Crippen LogP contribution in [0, 0.1) is 13.8 Å². The minimum absolute atomic E-state index is 0.262. The summed E-state index contributed by atoms with van der Waals surface area (Å²) in [6, 6.07) is 8.18. The first-order chi connectivity index (χ1) is 11.4. The molecule has 7 nitrogen and oxygen atoms in total. The van der Waals surface area contributed by atoms with Crippen molar-refractivity contribution in [2.75, 3.05) is 5.32 Å². The fraction of sp³-hybridized carbons (Fsp3) is 0.250. The predicted octanol–water partition coefficient (Wildman–Crippen LogP) is 2.69. The molecule has 0 fully saturated rings. The monoisotopic (exact) mass is 388 g/mol. The van der Waals surface area contributed by atoms with E-state index in [1.165, 1.54) is 10.2 Å². The van der Waals surface area contributed by atoms with Crippen molar-refractivity contribution < 1.29 is 4.79 Å². The van der Waals surface area contributed by atoms with Gasteiger partial charge in [-0.25, -0.2) is 9.67 Å². The first-order valence-corrected chi connectivity index (χ1v) is 8.19. The third-order valence-electron chi connectivity index (χ3n) is 3.55. The summed E-state index contributed by atoms with van der Waals surface area (Å²) >= 11 is 3.38. The molecule has 124 valence electrons. The van der Waals surface area contributed by atoms with E-state index in [2.05, 4.69) is 42.5 Å². The minimum atomic E-state index is -0.307. The lowest BCUT2D eigenvalue weighted by Crippen LogP contribution is -2.17. The van der Waals surface area contributed by atoms with Gasteiger partial charge in [0.05, 0.1) is 16.7 Å². The molecule has 0 saturated carbocycles. The largest absolute Gasteiger partial charge is 0.288 e. The lowest BCUT2D eigenvalue weighted by Gasteiger charge is -2.03. The van der Waals surface area contributed by atoms with Crippen LogP contribution in [0.1, 0.15) is 27.3 Å². The zero-order chi connectivity index (χ0) is 17.3. The number of halogens is 1. The van der Waals surface area contributed by atoms with Crippen LogP contribution >= 0.6 is 15.9 Å². The van der Waals surface area contributed by atoms with Crippen LogP contribution in [0.5, 0.6) is 0 Å². The zero-order valence-corrected chi connectivity index (χ0v) is 15.2. The van der Waals surface area contributed by atoms with Crippen LogP contribution in [-0.2, 0) is 13.6 Å². The molecule has 2 heterocycles.